The summed E-state index contributed by atoms with van der Waals surface area (Å²) in [6.07, 6.45) is 2.44. The number of nitrogens with one attached hydrogen (secondary N) is 1. The highest BCUT2D eigenvalue weighted by molar-refractivity contribution is 5.84. The van der Waals surface area contributed by atoms with E-state index in [0.717, 1.165) is 29.7 Å². The van der Waals surface area contributed by atoms with Gasteiger partial charge in [0.1, 0.15) is 17.1 Å². The van der Waals surface area contributed by atoms with Gasteiger partial charge in [0.05, 0.1) is 6.26 Å². The van der Waals surface area contributed by atoms with Crippen molar-refractivity contribution in [3.63, 3.8) is 0 Å². The Balaban J connectivity index is 1.78. The van der Waals surface area contributed by atoms with Crippen molar-refractivity contribution in [3.8, 4) is 5.75 Å². The molecule has 0 amide bonds. The minimum absolute atomic E-state index is 0.124. The maximum atomic E-state index is 11.7. The van der Waals surface area contributed by atoms with E-state index in [1.807, 2.05) is 12.1 Å². The predicted molar refractivity (Wildman–Crippen MR) is 83.0 cm³/mol. The molecular formula is C17H17NO4. The van der Waals surface area contributed by atoms with Crippen LogP contribution in [0.25, 0.3) is 11.0 Å². The molecule has 0 saturated carbocycles. The SMILES string of the molecule is Cc1c(O)ccc2c(CNCCc3ccco3)cc(=O)oc12. The average molecular weight is 299 g/mol. The molecule has 114 valence electrons. The second-order valence-corrected chi connectivity index (χ2v) is 5.18. The van der Waals surface area contributed by atoms with E-state index in [0.29, 0.717) is 17.7 Å². The summed E-state index contributed by atoms with van der Waals surface area (Å²) in [5, 5.41) is 13.9. The van der Waals surface area contributed by atoms with Gasteiger partial charge in [-0.25, -0.2) is 4.79 Å². The number of phenols is 1. The van der Waals surface area contributed by atoms with Crippen LogP contribution in [0.15, 0.2) is 50.2 Å². The van der Waals surface area contributed by atoms with Gasteiger partial charge in [-0.1, -0.05) is 0 Å². The molecule has 0 atom stereocenters. The molecule has 5 nitrogen and oxygen atoms in total. The molecule has 2 aromatic heterocycles. The fourth-order valence-corrected chi connectivity index (χ4v) is 2.45. The van der Waals surface area contributed by atoms with Gasteiger partial charge in [-0.3, -0.25) is 0 Å². The summed E-state index contributed by atoms with van der Waals surface area (Å²) in [5.41, 5.74) is 1.46. The number of phenolic OH excluding ortho intramolecular Hbond substituents is 1. The Morgan fingerprint density at radius 1 is 1.27 bits per heavy atom. The number of furan rings is 1. The van der Waals surface area contributed by atoms with Crippen LogP contribution in [0.4, 0.5) is 0 Å². The first kappa shape index (κ1) is 14.4. The van der Waals surface area contributed by atoms with Crippen molar-refractivity contribution < 1.29 is 13.9 Å². The van der Waals surface area contributed by atoms with Crippen molar-refractivity contribution in [1.82, 2.24) is 5.32 Å². The first-order chi connectivity index (χ1) is 10.6. The second-order valence-electron chi connectivity index (χ2n) is 5.18. The zero-order chi connectivity index (χ0) is 15.5. The summed E-state index contributed by atoms with van der Waals surface area (Å²) < 4.78 is 10.5. The minimum atomic E-state index is -0.413. The molecule has 1 aromatic carbocycles. The molecular weight excluding hydrogens is 282 g/mol. The fourth-order valence-electron chi connectivity index (χ4n) is 2.45. The molecule has 3 aromatic rings. The minimum Gasteiger partial charge on any atom is -0.508 e. The van der Waals surface area contributed by atoms with Crippen molar-refractivity contribution in [2.24, 2.45) is 0 Å². The Bertz CT molecular complexity index is 834. The van der Waals surface area contributed by atoms with Crippen LogP contribution in [0.3, 0.4) is 0 Å². The molecule has 0 aliphatic rings. The topological polar surface area (TPSA) is 75.6 Å². The molecule has 0 unspecified atom stereocenters. The zero-order valence-corrected chi connectivity index (χ0v) is 12.3. The highest BCUT2D eigenvalue weighted by atomic mass is 16.4. The zero-order valence-electron chi connectivity index (χ0n) is 12.3. The lowest BCUT2D eigenvalue weighted by atomic mass is 10.1. The Morgan fingerprint density at radius 3 is 2.91 bits per heavy atom. The molecule has 0 bridgehead atoms. The molecule has 2 N–H and O–H groups in total. The molecule has 0 saturated heterocycles. The first-order valence-corrected chi connectivity index (χ1v) is 7.13. The third-order valence-electron chi connectivity index (χ3n) is 3.66. The van der Waals surface area contributed by atoms with Crippen LogP contribution < -0.4 is 10.9 Å². The molecule has 0 radical (unpaired) electrons. The van der Waals surface area contributed by atoms with Crippen LogP contribution in [0.2, 0.25) is 0 Å². The Hall–Kier alpha value is -2.53. The summed E-state index contributed by atoms with van der Waals surface area (Å²) >= 11 is 0. The van der Waals surface area contributed by atoms with Crippen LogP contribution in [-0.2, 0) is 13.0 Å². The highest BCUT2D eigenvalue weighted by Crippen LogP contribution is 2.27. The van der Waals surface area contributed by atoms with E-state index in [4.69, 9.17) is 8.83 Å². The number of hydrogen-bond donors (Lipinski definition) is 2. The maximum Gasteiger partial charge on any atom is 0.336 e. The number of aromatic hydroxyl groups is 1. The van der Waals surface area contributed by atoms with Gasteiger partial charge in [-0.15, -0.1) is 0 Å². The van der Waals surface area contributed by atoms with Crippen LogP contribution in [0.1, 0.15) is 16.9 Å². The standard InChI is InChI=1S/C17H17NO4/c1-11-15(19)5-4-14-12(9-16(20)22-17(11)14)10-18-7-6-13-3-2-8-21-13/h2-5,8-9,18-19H,6-7,10H2,1H3. The second kappa shape index (κ2) is 6.07. The van der Waals surface area contributed by atoms with Crippen LogP contribution in [-0.4, -0.2) is 11.7 Å². The normalized spacial score (nSPS) is 11.1. The summed E-state index contributed by atoms with van der Waals surface area (Å²) in [6, 6.07) is 8.66. The van der Waals surface area contributed by atoms with Crippen LogP contribution in [0.5, 0.6) is 5.75 Å². The van der Waals surface area contributed by atoms with E-state index >= 15 is 0 Å². The van der Waals surface area contributed by atoms with Crippen LogP contribution in [0, 0.1) is 6.92 Å². The summed E-state index contributed by atoms with van der Waals surface area (Å²) in [6.45, 7) is 3.02. The number of rotatable bonds is 5. The van der Waals surface area contributed by atoms with Crippen LogP contribution >= 0.6 is 0 Å². The predicted octanol–water partition coefficient (Wildman–Crippen LogP) is 2.73. The average Bonchev–Trinajstić information content (AvgIpc) is 3.01. The van der Waals surface area contributed by atoms with Crippen molar-refractivity contribution >= 4 is 11.0 Å². The summed E-state index contributed by atoms with van der Waals surface area (Å²) in [4.78, 5) is 11.7. The number of fused-ring (bicyclic) bond motifs is 1. The number of benzene rings is 1. The largest absolute Gasteiger partial charge is 0.508 e. The summed E-state index contributed by atoms with van der Waals surface area (Å²) in [7, 11) is 0. The number of aryl methyl sites for hydroxylation is 1. The molecule has 0 fully saturated rings. The van der Waals surface area contributed by atoms with Gasteiger partial charge in [0, 0.05) is 36.5 Å². The number of hydrogen-bond acceptors (Lipinski definition) is 5. The molecule has 0 aliphatic carbocycles. The van der Waals surface area contributed by atoms with Crippen molar-refractivity contribution in [1.29, 1.82) is 0 Å². The van der Waals surface area contributed by atoms with E-state index in [2.05, 4.69) is 5.32 Å². The van der Waals surface area contributed by atoms with Gasteiger partial charge in [-0.2, -0.15) is 0 Å². The van der Waals surface area contributed by atoms with E-state index in [9.17, 15) is 9.90 Å². The molecule has 5 heteroatoms. The van der Waals surface area contributed by atoms with Gasteiger partial charge >= 0.3 is 5.63 Å². The lowest BCUT2D eigenvalue weighted by Crippen LogP contribution is -2.18. The summed E-state index contributed by atoms with van der Waals surface area (Å²) in [5.74, 6) is 1.05. The molecule has 22 heavy (non-hydrogen) atoms. The monoisotopic (exact) mass is 299 g/mol. The Morgan fingerprint density at radius 2 is 2.14 bits per heavy atom. The maximum absolute atomic E-state index is 11.7. The molecule has 3 rings (SSSR count). The van der Waals surface area contributed by atoms with Crippen molar-refractivity contribution in [2.75, 3.05) is 6.54 Å². The Labute approximate surface area is 127 Å². The van der Waals surface area contributed by atoms with E-state index < -0.39 is 5.63 Å². The van der Waals surface area contributed by atoms with Gasteiger partial charge in [0.2, 0.25) is 0 Å². The van der Waals surface area contributed by atoms with Gasteiger partial charge < -0.3 is 19.3 Å². The third-order valence-corrected chi connectivity index (χ3v) is 3.66. The van der Waals surface area contributed by atoms with Crippen molar-refractivity contribution in [2.45, 2.75) is 19.9 Å². The fraction of sp³-hybridized carbons (Fsp3) is 0.235. The van der Waals surface area contributed by atoms with E-state index in [-0.39, 0.29) is 5.75 Å². The van der Waals surface area contributed by atoms with Gasteiger partial charge in [0.15, 0.2) is 0 Å². The quantitative estimate of drug-likeness (QED) is 0.559. The third kappa shape index (κ3) is 2.89. The van der Waals surface area contributed by atoms with Gasteiger partial charge in [0.25, 0.3) is 0 Å². The van der Waals surface area contributed by atoms with Gasteiger partial charge in [-0.05, 0) is 36.8 Å². The smallest absolute Gasteiger partial charge is 0.336 e. The Kier molecular flexibility index (Phi) is 3.98. The van der Waals surface area contributed by atoms with E-state index in [1.165, 1.54) is 6.07 Å². The van der Waals surface area contributed by atoms with E-state index in [1.54, 1.807) is 25.3 Å². The van der Waals surface area contributed by atoms with Crippen molar-refractivity contribution in [3.05, 3.63) is 63.9 Å². The lowest BCUT2D eigenvalue weighted by Gasteiger charge is -2.09. The highest BCUT2D eigenvalue weighted by Gasteiger charge is 2.10. The molecule has 0 spiro atoms. The first-order valence-electron chi connectivity index (χ1n) is 7.13. The molecule has 0 aliphatic heterocycles. The lowest BCUT2D eigenvalue weighted by molar-refractivity contribution is 0.468. The molecule has 2 heterocycles.